The second-order valence-electron chi connectivity index (χ2n) is 4.73. The lowest BCUT2D eigenvalue weighted by molar-refractivity contribution is -0.0761. The van der Waals surface area contributed by atoms with Crippen molar-refractivity contribution >= 4 is 5.91 Å². The lowest BCUT2D eigenvalue weighted by Gasteiger charge is -2.17. The Labute approximate surface area is 134 Å². The van der Waals surface area contributed by atoms with Gasteiger partial charge in [-0.05, 0) is 29.8 Å². The van der Waals surface area contributed by atoms with Gasteiger partial charge in [0.15, 0.2) is 0 Å². The first kappa shape index (κ1) is 16.8. The van der Waals surface area contributed by atoms with E-state index in [1.807, 2.05) is 12.1 Å². The summed E-state index contributed by atoms with van der Waals surface area (Å²) in [5.41, 5.74) is 0.707. The molecule has 0 N–H and O–H groups in total. The molecule has 2 rings (SSSR count). The minimum Gasteiger partial charge on any atom is -0.497 e. The maximum Gasteiger partial charge on any atom is 0.283 e. The van der Waals surface area contributed by atoms with Crippen molar-refractivity contribution in [3.63, 3.8) is 0 Å². The molecule has 23 heavy (non-hydrogen) atoms. The third-order valence-corrected chi connectivity index (χ3v) is 3.30. The first-order valence-electron chi connectivity index (χ1n) is 6.93. The molecular formula is C17H18FNO4. The standard InChI is InChI=1S/C17H18FNO4/c1-19(22-3)17(20)16-14(18)5-4-6-15(16)23-11-12-7-9-13(21-2)10-8-12/h4-10H,11H2,1-3H3. The van der Waals surface area contributed by atoms with Gasteiger partial charge < -0.3 is 9.47 Å². The first-order valence-corrected chi connectivity index (χ1v) is 6.93. The van der Waals surface area contributed by atoms with Crippen LogP contribution in [0.4, 0.5) is 4.39 Å². The molecule has 0 saturated carbocycles. The molecule has 0 bridgehead atoms. The summed E-state index contributed by atoms with van der Waals surface area (Å²) in [5, 5.41) is 0.943. The summed E-state index contributed by atoms with van der Waals surface area (Å²) in [6, 6.07) is 11.5. The highest BCUT2D eigenvalue weighted by molar-refractivity contribution is 5.96. The maximum atomic E-state index is 14.0. The second-order valence-corrected chi connectivity index (χ2v) is 4.73. The Morgan fingerprint density at radius 3 is 2.43 bits per heavy atom. The Hall–Kier alpha value is -2.60. The Morgan fingerprint density at radius 2 is 1.83 bits per heavy atom. The van der Waals surface area contributed by atoms with E-state index in [1.54, 1.807) is 25.3 Å². The predicted molar refractivity (Wildman–Crippen MR) is 82.8 cm³/mol. The molecule has 122 valence electrons. The van der Waals surface area contributed by atoms with Crippen LogP contribution >= 0.6 is 0 Å². The fourth-order valence-corrected chi connectivity index (χ4v) is 1.96. The van der Waals surface area contributed by atoms with Gasteiger partial charge in [0.2, 0.25) is 0 Å². The topological polar surface area (TPSA) is 48.0 Å². The van der Waals surface area contributed by atoms with Crippen LogP contribution in [0.2, 0.25) is 0 Å². The largest absolute Gasteiger partial charge is 0.497 e. The van der Waals surface area contributed by atoms with E-state index >= 15 is 0 Å². The number of methoxy groups -OCH3 is 1. The van der Waals surface area contributed by atoms with Gasteiger partial charge in [-0.1, -0.05) is 18.2 Å². The van der Waals surface area contributed by atoms with Crippen LogP contribution in [0, 0.1) is 5.82 Å². The van der Waals surface area contributed by atoms with Gasteiger partial charge in [-0.2, -0.15) is 0 Å². The fraction of sp³-hybridized carbons (Fsp3) is 0.235. The molecule has 6 heteroatoms. The van der Waals surface area contributed by atoms with Gasteiger partial charge in [0.05, 0.1) is 14.2 Å². The average Bonchev–Trinajstić information content (AvgIpc) is 2.59. The molecule has 0 aromatic heterocycles. The first-order chi connectivity index (χ1) is 11.1. The highest BCUT2D eigenvalue weighted by Crippen LogP contribution is 2.24. The molecular weight excluding hydrogens is 301 g/mol. The summed E-state index contributed by atoms with van der Waals surface area (Å²) in [7, 11) is 4.32. The Morgan fingerprint density at radius 1 is 1.13 bits per heavy atom. The molecule has 0 spiro atoms. The van der Waals surface area contributed by atoms with Crippen LogP contribution in [0.25, 0.3) is 0 Å². The van der Waals surface area contributed by atoms with E-state index in [0.717, 1.165) is 16.4 Å². The molecule has 1 amide bonds. The maximum absolute atomic E-state index is 14.0. The van der Waals surface area contributed by atoms with Crippen LogP contribution in [0.1, 0.15) is 15.9 Å². The van der Waals surface area contributed by atoms with Gasteiger partial charge in [-0.25, -0.2) is 9.45 Å². The molecule has 0 aliphatic rings. The van der Waals surface area contributed by atoms with Gasteiger partial charge in [0.25, 0.3) is 5.91 Å². The molecule has 0 aliphatic carbocycles. The highest BCUT2D eigenvalue weighted by Gasteiger charge is 2.21. The summed E-state index contributed by atoms with van der Waals surface area (Å²) in [6.07, 6.45) is 0. The van der Waals surface area contributed by atoms with Crippen molar-refractivity contribution in [3.05, 3.63) is 59.4 Å². The van der Waals surface area contributed by atoms with Crippen molar-refractivity contribution in [2.75, 3.05) is 21.3 Å². The van der Waals surface area contributed by atoms with Crippen molar-refractivity contribution < 1.29 is 23.5 Å². The highest BCUT2D eigenvalue weighted by atomic mass is 19.1. The predicted octanol–water partition coefficient (Wildman–Crippen LogP) is 3.05. The number of benzene rings is 2. The molecule has 0 heterocycles. The number of carbonyl (C=O) groups is 1. The summed E-state index contributed by atoms with van der Waals surface area (Å²) < 4.78 is 24.7. The van der Waals surface area contributed by atoms with Crippen molar-refractivity contribution in [1.82, 2.24) is 5.06 Å². The zero-order chi connectivity index (χ0) is 16.8. The molecule has 2 aromatic rings. The van der Waals surface area contributed by atoms with E-state index in [1.165, 1.54) is 26.3 Å². The molecule has 5 nitrogen and oxygen atoms in total. The van der Waals surface area contributed by atoms with Crippen molar-refractivity contribution in [2.24, 2.45) is 0 Å². The third kappa shape index (κ3) is 3.98. The van der Waals surface area contributed by atoms with Gasteiger partial charge in [-0.15, -0.1) is 0 Å². The molecule has 2 aromatic carbocycles. The number of nitrogens with zero attached hydrogens (tertiary/aromatic N) is 1. The van der Waals surface area contributed by atoms with Crippen LogP contribution in [0.3, 0.4) is 0 Å². The van der Waals surface area contributed by atoms with E-state index in [4.69, 9.17) is 14.3 Å². The van der Waals surface area contributed by atoms with Gasteiger partial charge in [0, 0.05) is 7.05 Å². The molecule has 0 radical (unpaired) electrons. The Bertz CT molecular complexity index is 673. The van der Waals surface area contributed by atoms with Crippen LogP contribution in [0.15, 0.2) is 42.5 Å². The fourth-order valence-electron chi connectivity index (χ4n) is 1.96. The minimum atomic E-state index is -0.661. The summed E-state index contributed by atoms with van der Waals surface area (Å²) in [5.74, 6) is -0.381. The smallest absolute Gasteiger partial charge is 0.283 e. The van der Waals surface area contributed by atoms with Gasteiger partial charge >= 0.3 is 0 Å². The summed E-state index contributed by atoms with van der Waals surface area (Å²) >= 11 is 0. The summed E-state index contributed by atoms with van der Waals surface area (Å²) in [6.45, 7) is 0.199. The Balaban J connectivity index is 2.19. The van der Waals surface area contributed by atoms with E-state index < -0.39 is 11.7 Å². The minimum absolute atomic E-state index is 0.162. The van der Waals surface area contributed by atoms with E-state index in [2.05, 4.69) is 0 Å². The van der Waals surface area contributed by atoms with Crippen LogP contribution in [-0.2, 0) is 11.4 Å². The lowest BCUT2D eigenvalue weighted by Crippen LogP contribution is -2.26. The van der Waals surface area contributed by atoms with Gasteiger partial charge in [0.1, 0.15) is 29.5 Å². The van der Waals surface area contributed by atoms with Crippen LogP contribution in [-0.4, -0.2) is 32.2 Å². The molecule has 0 unspecified atom stereocenters. The summed E-state index contributed by atoms with van der Waals surface area (Å²) in [4.78, 5) is 17.0. The lowest BCUT2D eigenvalue weighted by atomic mass is 10.1. The van der Waals surface area contributed by atoms with Gasteiger partial charge in [-0.3, -0.25) is 9.63 Å². The number of carbonyl (C=O) groups excluding carboxylic acids is 1. The average molecular weight is 319 g/mol. The normalized spacial score (nSPS) is 10.3. The number of hydroxylamine groups is 2. The van der Waals surface area contributed by atoms with Crippen molar-refractivity contribution in [3.8, 4) is 11.5 Å². The molecule has 0 aliphatic heterocycles. The number of amides is 1. The SMILES string of the molecule is COc1ccc(COc2cccc(F)c2C(=O)N(C)OC)cc1. The van der Waals surface area contributed by atoms with Crippen molar-refractivity contribution in [1.29, 1.82) is 0 Å². The molecule has 0 fully saturated rings. The number of ether oxygens (including phenoxy) is 2. The third-order valence-electron chi connectivity index (χ3n) is 3.30. The Kier molecular flexibility index (Phi) is 5.54. The quantitative estimate of drug-likeness (QED) is 0.768. The van der Waals surface area contributed by atoms with Crippen molar-refractivity contribution in [2.45, 2.75) is 6.61 Å². The molecule has 0 saturated heterocycles. The number of halogens is 1. The number of hydrogen-bond acceptors (Lipinski definition) is 4. The number of rotatable bonds is 6. The zero-order valence-electron chi connectivity index (χ0n) is 13.2. The second kappa shape index (κ2) is 7.60. The van der Waals surface area contributed by atoms with Crippen LogP contribution in [0.5, 0.6) is 11.5 Å². The van der Waals surface area contributed by atoms with E-state index in [-0.39, 0.29) is 17.9 Å². The van der Waals surface area contributed by atoms with Crippen LogP contribution < -0.4 is 9.47 Å². The zero-order valence-corrected chi connectivity index (χ0v) is 13.2. The van der Waals surface area contributed by atoms with E-state index in [0.29, 0.717) is 0 Å². The number of hydrogen-bond donors (Lipinski definition) is 0. The molecule has 0 atom stereocenters. The van der Waals surface area contributed by atoms with E-state index in [9.17, 15) is 9.18 Å². The monoisotopic (exact) mass is 319 g/mol.